The summed E-state index contributed by atoms with van der Waals surface area (Å²) in [5.74, 6) is 5.75. The lowest BCUT2D eigenvalue weighted by Gasteiger charge is -2.58. The van der Waals surface area contributed by atoms with Crippen molar-refractivity contribution < 1.29 is 19.5 Å². The van der Waals surface area contributed by atoms with Gasteiger partial charge in [0.2, 0.25) is 0 Å². The quantitative estimate of drug-likeness (QED) is 0.0877. The molecule has 1 aromatic rings. The predicted octanol–water partition coefficient (Wildman–Crippen LogP) is 11.6. The molecule has 3 saturated carbocycles. The number of ether oxygens (including phenoxy) is 2. The van der Waals surface area contributed by atoms with Gasteiger partial charge in [-0.1, -0.05) is 65.5 Å². The van der Waals surface area contributed by atoms with Crippen LogP contribution in [0.25, 0.3) is 0 Å². The van der Waals surface area contributed by atoms with E-state index in [1.807, 2.05) is 58.2 Å². The van der Waals surface area contributed by atoms with E-state index in [-0.39, 0.29) is 23.5 Å². The average Bonchev–Trinajstić information content (AvgIpc) is 3.46. The lowest BCUT2D eigenvalue weighted by Crippen LogP contribution is -2.59. The van der Waals surface area contributed by atoms with Crippen LogP contribution in [0.1, 0.15) is 164 Å². The van der Waals surface area contributed by atoms with Crippen LogP contribution in [-0.4, -0.2) is 47.1 Å². The van der Waals surface area contributed by atoms with Crippen LogP contribution in [0.3, 0.4) is 0 Å². The highest BCUT2D eigenvalue weighted by Gasteiger charge is 2.59. The van der Waals surface area contributed by atoms with Crippen molar-refractivity contribution in [2.45, 2.75) is 182 Å². The maximum absolute atomic E-state index is 12.9. The zero-order valence-electron chi connectivity index (χ0n) is 34.9. The Labute approximate surface area is 322 Å². The molecule has 0 bridgehead atoms. The number of esters is 1. The van der Waals surface area contributed by atoms with E-state index in [9.17, 15) is 10.0 Å². The maximum Gasteiger partial charge on any atom is 0.306 e. The van der Waals surface area contributed by atoms with Crippen molar-refractivity contribution in [3.8, 4) is 5.75 Å². The van der Waals surface area contributed by atoms with E-state index in [1.54, 1.807) is 5.57 Å². The molecule has 0 aromatic heterocycles. The second kappa shape index (κ2) is 16.1. The highest BCUT2D eigenvalue weighted by atomic mass is 16.5. The molecule has 6 nitrogen and oxygen atoms in total. The molecule has 5 aliphatic rings. The van der Waals surface area contributed by atoms with Crippen molar-refractivity contribution >= 4 is 12.2 Å². The van der Waals surface area contributed by atoms with E-state index in [1.165, 1.54) is 56.4 Å². The number of hydrogen-bond donors (Lipinski definition) is 0. The Hall–Kier alpha value is -2.18. The summed E-state index contributed by atoms with van der Waals surface area (Å²) in [5, 5.41) is 13.9. The van der Waals surface area contributed by atoms with Crippen molar-refractivity contribution in [1.29, 1.82) is 0 Å². The highest BCUT2D eigenvalue weighted by molar-refractivity contribution is 5.79. The first-order valence-electron chi connectivity index (χ1n) is 21.6. The standard InChI is InChI=1S/C47H73N2O4/c1-32(2)12-10-13-33(3)40-21-22-41-39-20-17-35-28-38(23-25-46(35,8)42(39)24-26-47(40,41)9)53-43(50)14-11-27-52-37-18-15-34(16-19-37)31-48-36-29-44(4,5)49(51)45(6,7)30-36/h15-19,31-33,36,38-42H,10-14,20-30H2,1-9H3/t33-,38?,39+,40-,41+,42+,46+,47-/m1/s1. The molecule has 1 heterocycles. The van der Waals surface area contributed by atoms with Gasteiger partial charge in [-0.25, -0.2) is 0 Å². The molecule has 6 heteroatoms. The van der Waals surface area contributed by atoms with E-state index < -0.39 is 11.1 Å². The number of piperidine rings is 1. The fraction of sp³-hybridized carbons (Fsp3) is 0.787. The van der Waals surface area contributed by atoms with Gasteiger partial charge in [0.05, 0.1) is 12.6 Å². The van der Waals surface area contributed by atoms with Gasteiger partial charge in [-0.15, -0.1) is 10.3 Å². The van der Waals surface area contributed by atoms with E-state index in [2.05, 4.69) is 40.7 Å². The lowest BCUT2D eigenvalue weighted by molar-refractivity contribution is -0.288. The van der Waals surface area contributed by atoms with E-state index in [0.717, 1.165) is 78.9 Å². The summed E-state index contributed by atoms with van der Waals surface area (Å²) in [6.45, 7) is 21.1. The summed E-state index contributed by atoms with van der Waals surface area (Å²) in [6, 6.07) is 8.07. The molecule has 4 aliphatic carbocycles. The molecule has 0 N–H and O–H groups in total. The first kappa shape index (κ1) is 40.5. The van der Waals surface area contributed by atoms with Gasteiger partial charge in [0.15, 0.2) is 0 Å². The molecule has 295 valence electrons. The molecule has 8 atom stereocenters. The van der Waals surface area contributed by atoms with Crippen LogP contribution in [0.4, 0.5) is 0 Å². The monoisotopic (exact) mass is 730 g/mol. The molecule has 6 rings (SSSR count). The second-order valence-electron chi connectivity index (χ2n) is 20.4. The number of aliphatic imine (C=N–C) groups is 1. The van der Waals surface area contributed by atoms with E-state index in [0.29, 0.717) is 24.9 Å². The van der Waals surface area contributed by atoms with Crippen LogP contribution in [0.5, 0.6) is 5.75 Å². The molecule has 0 spiro atoms. The summed E-state index contributed by atoms with van der Waals surface area (Å²) < 4.78 is 12.1. The van der Waals surface area contributed by atoms with Crippen LogP contribution in [-0.2, 0) is 14.7 Å². The van der Waals surface area contributed by atoms with Crippen molar-refractivity contribution in [2.24, 2.45) is 51.3 Å². The average molecular weight is 730 g/mol. The Kier molecular flexibility index (Phi) is 12.3. The van der Waals surface area contributed by atoms with Gasteiger partial charge in [0.1, 0.15) is 11.9 Å². The molecule has 4 fully saturated rings. The summed E-state index contributed by atoms with van der Waals surface area (Å²) in [7, 11) is 0. The van der Waals surface area contributed by atoms with Crippen LogP contribution < -0.4 is 4.74 Å². The number of rotatable bonds is 13. The van der Waals surface area contributed by atoms with Gasteiger partial charge in [-0.05, 0) is 168 Å². The van der Waals surface area contributed by atoms with Gasteiger partial charge < -0.3 is 9.47 Å². The largest absolute Gasteiger partial charge is 0.494 e. The molecular weight excluding hydrogens is 657 g/mol. The molecule has 1 radical (unpaired) electrons. The number of hydroxylamine groups is 2. The van der Waals surface area contributed by atoms with Crippen molar-refractivity contribution in [3.05, 3.63) is 41.5 Å². The van der Waals surface area contributed by atoms with Crippen molar-refractivity contribution in [2.75, 3.05) is 6.61 Å². The minimum Gasteiger partial charge on any atom is -0.494 e. The second-order valence-corrected chi connectivity index (χ2v) is 20.4. The zero-order valence-corrected chi connectivity index (χ0v) is 34.9. The van der Waals surface area contributed by atoms with E-state index in [4.69, 9.17) is 14.5 Å². The number of benzene rings is 1. The Balaban J connectivity index is 0.929. The third-order valence-electron chi connectivity index (χ3n) is 15.2. The number of hydrogen-bond acceptors (Lipinski definition) is 5. The topological polar surface area (TPSA) is 71.0 Å². The molecule has 1 saturated heterocycles. The molecule has 53 heavy (non-hydrogen) atoms. The summed E-state index contributed by atoms with van der Waals surface area (Å²) in [4.78, 5) is 17.8. The van der Waals surface area contributed by atoms with Gasteiger partial charge in [0, 0.05) is 30.1 Å². The van der Waals surface area contributed by atoms with Crippen LogP contribution in [0, 0.1) is 46.3 Å². The first-order valence-corrected chi connectivity index (χ1v) is 21.6. The Morgan fingerprint density at radius 2 is 1.62 bits per heavy atom. The maximum atomic E-state index is 12.9. The normalized spacial score (nSPS) is 34.6. The molecule has 1 unspecified atom stereocenters. The van der Waals surface area contributed by atoms with Crippen molar-refractivity contribution in [1.82, 2.24) is 5.06 Å². The smallest absolute Gasteiger partial charge is 0.306 e. The van der Waals surface area contributed by atoms with Gasteiger partial charge in [-0.2, -0.15) is 0 Å². The first-order chi connectivity index (χ1) is 25.0. The lowest BCUT2D eigenvalue weighted by atomic mass is 9.47. The molecule has 1 aromatic carbocycles. The van der Waals surface area contributed by atoms with Gasteiger partial charge >= 0.3 is 5.97 Å². The Bertz CT molecular complexity index is 1440. The Morgan fingerprint density at radius 1 is 0.906 bits per heavy atom. The van der Waals surface area contributed by atoms with Crippen LogP contribution >= 0.6 is 0 Å². The fourth-order valence-electron chi connectivity index (χ4n) is 12.6. The van der Waals surface area contributed by atoms with E-state index >= 15 is 0 Å². The van der Waals surface area contributed by atoms with Gasteiger partial charge in [0.25, 0.3) is 0 Å². The fourth-order valence-corrected chi connectivity index (χ4v) is 12.6. The zero-order chi connectivity index (χ0) is 38.2. The van der Waals surface area contributed by atoms with Crippen molar-refractivity contribution in [3.63, 3.8) is 0 Å². The highest BCUT2D eigenvalue weighted by Crippen LogP contribution is 2.67. The SMILES string of the molecule is CC(C)CCC[C@@H](C)[C@H]1CC[C@H]2[C@@H]3CC=C4CC(OC(=O)CCCOc5ccc(C=NC6CC(C)(C)N([O])C(C)(C)C6)cc5)CC[C@]4(C)[C@H]3CC[C@]12C. The molecule has 1 aliphatic heterocycles. The third-order valence-corrected chi connectivity index (χ3v) is 15.2. The van der Waals surface area contributed by atoms with Gasteiger partial charge in [-0.3, -0.25) is 9.79 Å². The molecule has 0 amide bonds. The summed E-state index contributed by atoms with van der Waals surface area (Å²) in [6.07, 6.45) is 21.2. The minimum atomic E-state index is -0.425. The number of carbonyl (C=O) groups is 1. The third kappa shape index (κ3) is 8.79. The summed E-state index contributed by atoms with van der Waals surface area (Å²) >= 11 is 0. The number of allylic oxidation sites excluding steroid dienone is 1. The number of fused-ring (bicyclic) bond motifs is 5. The predicted molar refractivity (Wildman–Crippen MR) is 215 cm³/mol. The number of carbonyl (C=O) groups excluding carboxylic acids is 1. The van der Waals surface area contributed by atoms with Crippen LogP contribution in [0.15, 0.2) is 40.9 Å². The Morgan fingerprint density at radius 3 is 2.32 bits per heavy atom. The molecular formula is C47H73N2O4. The minimum absolute atomic E-state index is 0.00917. The van der Waals surface area contributed by atoms with Crippen LogP contribution in [0.2, 0.25) is 0 Å². The number of nitrogens with zero attached hydrogens (tertiary/aromatic N) is 2. The summed E-state index contributed by atoms with van der Waals surface area (Å²) in [5.41, 5.74) is 2.53.